The molecule has 40 heavy (non-hydrogen) atoms. The molecule has 6 saturated heterocycles. The van der Waals surface area contributed by atoms with E-state index in [0.29, 0.717) is 18.5 Å². The van der Waals surface area contributed by atoms with Crippen LogP contribution in [0.15, 0.2) is 47.3 Å². The fraction of sp³-hybridized carbons (Fsp3) is 0.633. The van der Waals surface area contributed by atoms with Crippen molar-refractivity contribution in [2.45, 2.75) is 31.3 Å². The van der Waals surface area contributed by atoms with Crippen LogP contribution < -0.4 is 17.0 Å². The smallest absolute Gasteiger partial charge is 0.246 e. The van der Waals surface area contributed by atoms with E-state index in [-0.39, 0.29) is 34.0 Å². The Labute approximate surface area is 258 Å². The van der Waals surface area contributed by atoms with Gasteiger partial charge in [-0.25, -0.2) is 4.90 Å². The minimum Gasteiger partial charge on any atom is -1.00 e. The lowest BCUT2D eigenvalue weighted by Gasteiger charge is -2.63. The van der Waals surface area contributed by atoms with Gasteiger partial charge in [0.25, 0.3) is 0 Å². The number of hydrogen-bond donors (Lipinski definition) is 0. The van der Waals surface area contributed by atoms with Crippen LogP contribution >= 0.6 is 17.0 Å². The first-order chi connectivity index (χ1) is 18.8. The van der Waals surface area contributed by atoms with E-state index in [1.807, 2.05) is 0 Å². The fourth-order valence-electron chi connectivity index (χ4n) is 9.77. The number of quaternary nitrogens is 1. The van der Waals surface area contributed by atoms with E-state index in [0.717, 1.165) is 13.1 Å². The van der Waals surface area contributed by atoms with E-state index in [4.69, 9.17) is 0 Å². The van der Waals surface area contributed by atoms with Crippen molar-refractivity contribution in [1.29, 1.82) is 0 Å². The molecule has 1 aromatic rings. The summed E-state index contributed by atoms with van der Waals surface area (Å²) in [6, 6.07) is 8.89. The van der Waals surface area contributed by atoms with Gasteiger partial charge in [-0.2, -0.15) is 0 Å². The Morgan fingerprint density at radius 2 is 1.45 bits per heavy atom. The summed E-state index contributed by atoms with van der Waals surface area (Å²) < 4.78 is 1.19. The summed E-state index contributed by atoms with van der Waals surface area (Å²) in [6.45, 7) is 17.0. The van der Waals surface area contributed by atoms with Gasteiger partial charge in [0, 0.05) is 70.9 Å². The van der Waals surface area contributed by atoms with Crippen LogP contribution in [0.1, 0.15) is 24.0 Å². The van der Waals surface area contributed by atoms with Gasteiger partial charge in [0.2, 0.25) is 5.82 Å². The van der Waals surface area contributed by atoms with Crippen LogP contribution in [0.25, 0.3) is 5.57 Å². The van der Waals surface area contributed by atoms with Gasteiger partial charge < -0.3 is 36.6 Å². The van der Waals surface area contributed by atoms with Gasteiger partial charge >= 0.3 is 0 Å². The fourth-order valence-corrected chi connectivity index (χ4v) is 9.77. The molecule has 0 radical (unpaired) electrons. The first kappa shape index (κ1) is 26.1. The van der Waals surface area contributed by atoms with Crippen molar-refractivity contribution in [1.82, 2.24) is 34.3 Å². The van der Waals surface area contributed by atoms with Gasteiger partial charge in [0.05, 0.1) is 38.0 Å². The molecular weight excluding hydrogens is 632 g/mol. The predicted molar refractivity (Wildman–Crippen MR) is 155 cm³/mol. The van der Waals surface area contributed by atoms with Crippen LogP contribution in [0.3, 0.4) is 0 Å². The SMILES string of the molecule is Br.C(=C1c2ccccc21)=C1CN2C3C4N(CCN4C[C@H]2[N+]24CCCN5CCN6CCCN(CC2)C6=C54)CCN13.[Br-]. The second-order valence-corrected chi connectivity index (χ2v) is 13.0. The molecule has 3 unspecified atom stereocenters. The molecule has 10 rings (SSSR count). The van der Waals surface area contributed by atoms with Gasteiger partial charge in [0.15, 0.2) is 12.0 Å². The quantitative estimate of drug-likeness (QED) is 0.267. The number of piperazine rings is 2. The third kappa shape index (κ3) is 3.33. The first-order valence-electron chi connectivity index (χ1n) is 15.3. The van der Waals surface area contributed by atoms with Crippen LogP contribution in [-0.4, -0.2) is 149 Å². The van der Waals surface area contributed by atoms with Gasteiger partial charge in [-0.15, -0.1) is 17.0 Å². The summed E-state index contributed by atoms with van der Waals surface area (Å²) in [7, 11) is 0. The Morgan fingerprint density at radius 3 is 2.30 bits per heavy atom. The first-order valence-corrected chi connectivity index (χ1v) is 15.3. The summed E-state index contributed by atoms with van der Waals surface area (Å²) in [6.07, 6.45) is 4.18. The second-order valence-electron chi connectivity index (χ2n) is 13.0. The van der Waals surface area contributed by atoms with Crippen molar-refractivity contribution in [3.05, 3.63) is 58.5 Å². The van der Waals surface area contributed by atoms with E-state index in [9.17, 15) is 0 Å². The van der Waals surface area contributed by atoms with Crippen molar-refractivity contribution >= 4 is 22.6 Å². The Kier molecular flexibility index (Phi) is 6.04. The zero-order chi connectivity index (χ0) is 24.6. The number of benzene rings is 1. The summed E-state index contributed by atoms with van der Waals surface area (Å²) in [4.78, 5) is 19.8. The number of hydrogen-bond acceptors (Lipinski definition) is 7. The molecule has 10 heteroatoms. The molecule has 214 valence electrons. The van der Waals surface area contributed by atoms with E-state index in [2.05, 4.69) is 64.3 Å². The molecule has 0 spiro atoms. The molecule has 0 saturated carbocycles. The highest BCUT2D eigenvalue weighted by molar-refractivity contribution is 8.93. The van der Waals surface area contributed by atoms with E-state index < -0.39 is 0 Å². The molecule has 4 atom stereocenters. The maximum absolute atomic E-state index is 3.98. The number of nitrogens with zero attached hydrogens (tertiary/aromatic N) is 8. The maximum Gasteiger partial charge on any atom is 0.246 e. The monoisotopic (exact) mass is 670 g/mol. The maximum atomic E-state index is 3.98. The van der Waals surface area contributed by atoms with Crippen LogP contribution in [-0.2, 0) is 0 Å². The normalized spacial score (nSPS) is 35.5. The molecule has 1 aromatic carbocycles. The van der Waals surface area contributed by atoms with Crippen LogP contribution in [0.5, 0.6) is 0 Å². The van der Waals surface area contributed by atoms with E-state index >= 15 is 0 Å². The molecule has 0 N–H and O–H groups in total. The highest BCUT2D eigenvalue weighted by atomic mass is 79.9. The second kappa shape index (κ2) is 9.24. The average Bonchev–Trinajstić information content (AvgIpc) is 3.28. The van der Waals surface area contributed by atoms with Crippen molar-refractivity contribution in [2.24, 2.45) is 0 Å². The average molecular weight is 673 g/mol. The molecule has 1 aliphatic carbocycles. The van der Waals surface area contributed by atoms with Crippen LogP contribution in [0.4, 0.5) is 0 Å². The summed E-state index contributed by atoms with van der Waals surface area (Å²) >= 11 is 0. The third-order valence-electron chi connectivity index (χ3n) is 11.4. The zero-order valence-corrected chi connectivity index (χ0v) is 26.5. The number of rotatable bonds is 1. The summed E-state index contributed by atoms with van der Waals surface area (Å²) in [5.74, 6) is 3.31. The Bertz CT molecular complexity index is 1310. The summed E-state index contributed by atoms with van der Waals surface area (Å²) in [5.41, 5.74) is 9.63. The van der Waals surface area contributed by atoms with Gasteiger partial charge in [-0.3, -0.25) is 14.3 Å². The predicted octanol–water partition coefficient (Wildman–Crippen LogP) is -1.58. The highest BCUT2D eigenvalue weighted by Gasteiger charge is 2.63. The Balaban J connectivity index is 0.00000123. The van der Waals surface area contributed by atoms with Crippen molar-refractivity contribution < 1.29 is 21.5 Å². The minimum absolute atomic E-state index is 0. The molecular formula is C30H40Br2N8. The molecule has 8 aliphatic heterocycles. The highest BCUT2D eigenvalue weighted by Crippen LogP contribution is 2.48. The molecule has 9 aliphatic rings. The number of halogens is 2. The van der Waals surface area contributed by atoms with Gasteiger partial charge in [0.1, 0.15) is 12.7 Å². The van der Waals surface area contributed by atoms with E-state index in [1.165, 1.54) is 118 Å². The van der Waals surface area contributed by atoms with Gasteiger partial charge in [-0.05, 0) is 17.5 Å². The van der Waals surface area contributed by atoms with E-state index in [1.54, 1.807) is 11.6 Å². The molecule has 6 fully saturated rings. The lowest BCUT2D eigenvalue weighted by atomic mass is 10.0. The lowest BCUT2D eigenvalue weighted by molar-refractivity contribution is -0.944. The van der Waals surface area contributed by atoms with Crippen molar-refractivity contribution in [2.75, 3.05) is 91.6 Å². The zero-order valence-electron chi connectivity index (χ0n) is 23.2. The topological polar surface area (TPSA) is 22.7 Å². The minimum atomic E-state index is 0. The standard InChI is InChI=1S/C30H39N8.2BrH/c1-2-6-24-23(5-1)25(24)19-22-20-37-26(21-35-13-11-33-14-15-36(22)28(37)27(33)35)38-17-4-9-34-12-10-31-7-3-8-32(16-18-38)29(31)30(34)38;;/h1-2,5-6,26-28H,3-4,7-18,20-21H2;2*1H/q+1;;/p-1/t26-,27?,28?,38?;;/m1../s1. The van der Waals surface area contributed by atoms with Crippen LogP contribution in [0, 0.1) is 0 Å². The third-order valence-corrected chi connectivity index (χ3v) is 11.4. The van der Waals surface area contributed by atoms with Gasteiger partial charge in [-0.1, -0.05) is 30.0 Å². The van der Waals surface area contributed by atoms with Crippen molar-refractivity contribution in [3.8, 4) is 0 Å². The Morgan fingerprint density at radius 1 is 0.725 bits per heavy atom. The molecule has 0 amide bonds. The van der Waals surface area contributed by atoms with Crippen molar-refractivity contribution in [3.63, 3.8) is 0 Å². The molecule has 0 bridgehead atoms. The molecule has 8 nitrogen and oxygen atoms in total. The number of fused-ring (bicyclic) bond motifs is 1. The lowest BCUT2D eigenvalue weighted by Crippen LogP contribution is -3.00. The molecule has 8 heterocycles. The largest absolute Gasteiger partial charge is 1.00 e. The Hall–Kier alpha value is -1.52. The summed E-state index contributed by atoms with van der Waals surface area (Å²) in [5, 5.41) is 0. The van der Waals surface area contributed by atoms with Crippen LogP contribution in [0.2, 0.25) is 0 Å². The molecule has 0 aromatic heterocycles.